The molecule has 2 fully saturated rings. The lowest BCUT2D eigenvalue weighted by atomic mass is 9.55. The van der Waals surface area contributed by atoms with Crippen LogP contribution in [0.15, 0.2) is 18.2 Å². The monoisotopic (exact) mass is 372 g/mol. The Hall–Kier alpha value is -2.04. The van der Waals surface area contributed by atoms with Crippen molar-refractivity contribution >= 4 is 11.9 Å². The molecule has 2 saturated carbocycles. The number of phenolic OH excluding ortho intramolecular Hbond substituents is 1. The van der Waals surface area contributed by atoms with Gasteiger partial charge in [0.25, 0.3) is 0 Å². The fourth-order valence-corrected chi connectivity index (χ4v) is 6.22. The van der Waals surface area contributed by atoms with Crippen LogP contribution in [-0.2, 0) is 25.5 Å². The molecule has 1 N–H and O–H groups in total. The molecule has 27 heavy (non-hydrogen) atoms. The Bertz CT molecular complexity index is 772. The number of aryl methyl sites for hydroxylation is 1. The topological polar surface area (TPSA) is 72.8 Å². The van der Waals surface area contributed by atoms with Crippen molar-refractivity contribution in [1.82, 2.24) is 0 Å². The maximum absolute atomic E-state index is 11.7. The molecule has 0 aromatic heterocycles. The van der Waals surface area contributed by atoms with Crippen LogP contribution >= 0.6 is 0 Å². The van der Waals surface area contributed by atoms with E-state index in [2.05, 4.69) is 13.0 Å². The van der Waals surface area contributed by atoms with E-state index < -0.39 is 0 Å². The highest BCUT2D eigenvalue weighted by atomic mass is 16.6. The third kappa shape index (κ3) is 3.01. The molecule has 0 spiro atoms. The van der Waals surface area contributed by atoms with Gasteiger partial charge in [-0.25, -0.2) is 0 Å². The van der Waals surface area contributed by atoms with Gasteiger partial charge < -0.3 is 14.6 Å². The van der Waals surface area contributed by atoms with Gasteiger partial charge in [0, 0.05) is 19.3 Å². The molecule has 146 valence electrons. The lowest BCUT2D eigenvalue weighted by Gasteiger charge is -2.50. The second-order valence-corrected chi connectivity index (χ2v) is 8.76. The zero-order valence-corrected chi connectivity index (χ0v) is 16.2. The van der Waals surface area contributed by atoms with Gasteiger partial charge in [0.2, 0.25) is 0 Å². The molecule has 0 bridgehead atoms. The van der Waals surface area contributed by atoms with Gasteiger partial charge in [-0.2, -0.15) is 0 Å². The smallest absolute Gasteiger partial charge is 0.303 e. The highest BCUT2D eigenvalue weighted by molar-refractivity contribution is 5.67. The van der Waals surface area contributed by atoms with Gasteiger partial charge in [-0.15, -0.1) is 0 Å². The van der Waals surface area contributed by atoms with E-state index in [1.165, 1.54) is 25.0 Å². The van der Waals surface area contributed by atoms with E-state index >= 15 is 0 Å². The van der Waals surface area contributed by atoms with Gasteiger partial charge in [0.05, 0.1) is 0 Å². The average molecular weight is 372 g/mol. The summed E-state index contributed by atoms with van der Waals surface area (Å²) in [6.07, 6.45) is 4.00. The van der Waals surface area contributed by atoms with E-state index in [0.29, 0.717) is 23.5 Å². The summed E-state index contributed by atoms with van der Waals surface area (Å²) in [5.74, 6) is 0.998. The predicted molar refractivity (Wildman–Crippen MR) is 99.2 cm³/mol. The van der Waals surface area contributed by atoms with Crippen molar-refractivity contribution in [3.05, 3.63) is 29.3 Å². The first kappa shape index (κ1) is 18.3. The zero-order valence-electron chi connectivity index (χ0n) is 16.2. The highest BCUT2D eigenvalue weighted by Crippen LogP contribution is 2.62. The van der Waals surface area contributed by atoms with E-state index in [1.54, 1.807) is 6.07 Å². The molecule has 5 heteroatoms. The Morgan fingerprint density at radius 2 is 1.89 bits per heavy atom. The highest BCUT2D eigenvalue weighted by Gasteiger charge is 2.61. The molecule has 6 atom stereocenters. The van der Waals surface area contributed by atoms with Crippen molar-refractivity contribution in [1.29, 1.82) is 0 Å². The maximum Gasteiger partial charge on any atom is 0.303 e. The maximum atomic E-state index is 11.7. The quantitative estimate of drug-likeness (QED) is 0.801. The third-order valence-electron chi connectivity index (χ3n) is 7.23. The van der Waals surface area contributed by atoms with Crippen molar-refractivity contribution in [2.24, 2.45) is 17.3 Å². The number of rotatable bonds is 2. The van der Waals surface area contributed by atoms with Crippen molar-refractivity contribution in [3.8, 4) is 5.75 Å². The Labute approximate surface area is 160 Å². The fraction of sp³-hybridized carbons (Fsp3) is 0.636. The number of phenols is 1. The van der Waals surface area contributed by atoms with E-state index in [1.807, 2.05) is 6.07 Å². The second-order valence-electron chi connectivity index (χ2n) is 8.76. The first-order valence-corrected chi connectivity index (χ1v) is 9.96. The van der Waals surface area contributed by atoms with E-state index in [0.717, 1.165) is 32.1 Å². The molecule has 0 heterocycles. The Morgan fingerprint density at radius 3 is 2.59 bits per heavy atom. The minimum absolute atomic E-state index is 0.165. The summed E-state index contributed by atoms with van der Waals surface area (Å²) in [4.78, 5) is 23.4. The average Bonchev–Trinajstić information content (AvgIpc) is 2.85. The lowest BCUT2D eigenvalue weighted by Crippen LogP contribution is -2.46. The molecule has 0 radical (unpaired) electrons. The van der Waals surface area contributed by atoms with Crippen molar-refractivity contribution < 1.29 is 24.2 Å². The van der Waals surface area contributed by atoms with Gasteiger partial charge in [-0.1, -0.05) is 13.0 Å². The molecule has 3 aliphatic rings. The Balaban J connectivity index is 1.66. The van der Waals surface area contributed by atoms with Crippen LogP contribution < -0.4 is 0 Å². The Kier molecular flexibility index (Phi) is 4.44. The molecular formula is C22H28O5. The minimum atomic E-state index is -0.369. The summed E-state index contributed by atoms with van der Waals surface area (Å²) in [7, 11) is 0. The zero-order chi connectivity index (χ0) is 19.3. The van der Waals surface area contributed by atoms with Gasteiger partial charge in [-0.3, -0.25) is 9.59 Å². The number of esters is 2. The van der Waals surface area contributed by atoms with Gasteiger partial charge in [0.15, 0.2) is 0 Å². The molecule has 0 unspecified atom stereocenters. The standard InChI is InChI=1S/C22H28O5/c1-12(23)26-20-11-19-18-6-4-14-10-15(25)5-7-16(14)17(18)8-9-22(19,3)21(20)27-13(2)24/h5,7,10,17-21,25H,4,6,8-9,11H2,1-3H3/t17-,18+,19+,20-,21-,22-/m0/s1. The van der Waals surface area contributed by atoms with Gasteiger partial charge in [-0.05, 0) is 73.1 Å². The second kappa shape index (κ2) is 6.54. The summed E-state index contributed by atoms with van der Waals surface area (Å²) in [6.45, 7) is 5.05. The molecule has 5 nitrogen and oxygen atoms in total. The molecule has 0 amide bonds. The summed E-state index contributed by atoms with van der Waals surface area (Å²) in [6, 6.07) is 5.76. The SMILES string of the molecule is CC(=O)O[C@H]1C[C@@H]2[C@@H]3CCc4cc(O)ccc4[C@@H]3CC[C@]2(C)[C@H]1OC(C)=O. The number of carbonyl (C=O) groups is 2. The number of carbonyl (C=O) groups excluding carboxylic acids is 2. The summed E-state index contributed by atoms with van der Waals surface area (Å²) >= 11 is 0. The van der Waals surface area contributed by atoms with E-state index in [-0.39, 0.29) is 29.6 Å². The third-order valence-corrected chi connectivity index (χ3v) is 7.23. The molecule has 1 aromatic carbocycles. The minimum Gasteiger partial charge on any atom is -0.508 e. The summed E-state index contributed by atoms with van der Waals surface area (Å²) < 4.78 is 11.3. The molecule has 0 saturated heterocycles. The lowest BCUT2D eigenvalue weighted by molar-refractivity contribution is -0.171. The summed E-state index contributed by atoms with van der Waals surface area (Å²) in [5.41, 5.74) is 2.44. The normalized spacial score (nSPS) is 36.9. The van der Waals surface area contributed by atoms with Crippen molar-refractivity contribution in [2.45, 2.75) is 71.0 Å². The number of benzene rings is 1. The van der Waals surface area contributed by atoms with Crippen molar-refractivity contribution in [2.75, 3.05) is 0 Å². The Morgan fingerprint density at radius 1 is 1.15 bits per heavy atom. The van der Waals surface area contributed by atoms with Crippen LogP contribution in [0.1, 0.15) is 63.5 Å². The largest absolute Gasteiger partial charge is 0.508 e. The number of ether oxygens (including phenoxy) is 2. The van der Waals surface area contributed by atoms with E-state index in [9.17, 15) is 14.7 Å². The van der Waals surface area contributed by atoms with Crippen LogP contribution in [0.4, 0.5) is 0 Å². The number of hydrogen-bond acceptors (Lipinski definition) is 5. The first-order chi connectivity index (χ1) is 12.8. The fourth-order valence-electron chi connectivity index (χ4n) is 6.22. The van der Waals surface area contributed by atoms with Gasteiger partial charge in [0.1, 0.15) is 18.0 Å². The van der Waals surface area contributed by atoms with Crippen LogP contribution in [0.25, 0.3) is 0 Å². The summed E-state index contributed by atoms with van der Waals surface area (Å²) in [5, 5.41) is 9.82. The molecule has 4 rings (SSSR count). The van der Waals surface area contributed by atoms with Crippen LogP contribution in [0.5, 0.6) is 5.75 Å². The number of aromatic hydroxyl groups is 1. The molecule has 1 aromatic rings. The molecular weight excluding hydrogens is 344 g/mol. The first-order valence-electron chi connectivity index (χ1n) is 9.96. The molecule has 3 aliphatic carbocycles. The number of fused-ring (bicyclic) bond motifs is 5. The number of hydrogen-bond donors (Lipinski definition) is 1. The van der Waals surface area contributed by atoms with Crippen LogP contribution in [-0.4, -0.2) is 29.3 Å². The van der Waals surface area contributed by atoms with E-state index in [4.69, 9.17) is 9.47 Å². The van der Waals surface area contributed by atoms with Crippen LogP contribution in [0.3, 0.4) is 0 Å². The molecule has 0 aliphatic heterocycles. The van der Waals surface area contributed by atoms with Gasteiger partial charge >= 0.3 is 11.9 Å². The predicted octanol–water partition coefficient (Wildman–Crippen LogP) is 3.72. The van der Waals surface area contributed by atoms with Crippen molar-refractivity contribution in [3.63, 3.8) is 0 Å². The van der Waals surface area contributed by atoms with Crippen LogP contribution in [0, 0.1) is 17.3 Å². The van der Waals surface area contributed by atoms with Crippen LogP contribution in [0.2, 0.25) is 0 Å².